The summed E-state index contributed by atoms with van der Waals surface area (Å²) in [5.74, 6) is -0.478. The first-order chi connectivity index (χ1) is 12.4. The molecular formula is C22H33FN2O2. The van der Waals surface area contributed by atoms with E-state index >= 15 is 4.39 Å². The first kappa shape index (κ1) is 19.3. The van der Waals surface area contributed by atoms with Gasteiger partial charge in [0, 0.05) is 23.8 Å². The Bertz CT molecular complexity index is 772. The van der Waals surface area contributed by atoms with Crippen LogP contribution < -0.4 is 5.73 Å². The van der Waals surface area contributed by atoms with Gasteiger partial charge in [-0.05, 0) is 63.5 Å². The van der Waals surface area contributed by atoms with Gasteiger partial charge < -0.3 is 15.9 Å². The lowest BCUT2D eigenvalue weighted by molar-refractivity contribution is -0.220. The summed E-state index contributed by atoms with van der Waals surface area (Å²) in [6.07, 6.45) is 5.13. The predicted molar refractivity (Wildman–Crippen MR) is 105 cm³/mol. The van der Waals surface area contributed by atoms with Gasteiger partial charge in [0.1, 0.15) is 5.72 Å². The van der Waals surface area contributed by atoms with Crippen LogP contribution in [0.2, 0.25) is 0 Å². The van der Waals surface area contributed by atoms with Crippen molar-refractivity contribution in [3.63, 3.8) is 0 Å². The number of aliphatic hydroxyl groups is 2. The average molecular weight is 377 g/mol. The molecule has 4 aliphatic rings. The maximum Gasteiger partial charge on any atom is 0.152 e. The molecule has 0 aromatic rings. The third-order valence-corrected chi connectivity index (χ3v) is 9.09. The van der Waals surface area contributed by atoms with Crippen LogP contribution in [-0.2, 0) is 0 Å². The van der Waals surface area contributed by atoms with E-state index < -0.39 is 28.3 Å². The summed E-state index contributed by atoms with van der Waals surface area (Å²) in [4.78, 5) is 4.29. The predicted octanol–water partition coefficient (Wildman–Crippen LogP) is 3.14. The normalized spacial score (nSPS) is 56.1. The number of fused-ring (bicyclic) bond motifs is 5. The van der Waals surface area contributed by atoms with Gasteiger partial charge >= 0.3 is 0 Å². The first-order valence-electron chi connectivity index (χ1n) is 10.2. The number of rotatable bonds is 0. The Morgan fingerprint density at radius 1 is 1.26 bits per heavy atom. The highest BCUT2D eigenvalue weighted by atomic mass is 19.1. The Kier molecular flexibility index (Phi) is 3.94. The zero-order valence-electron chi connectivity index (χ0n) is 17.1. The minimum Gasteiger partial charge on any atom is -0.390 e. The molecule has 4 N–H and O–H groups in total. The van der Waals surface area contributed by atoms with Crippen LogP contribution in [0.15, 0.2) is 28.3 Å². The van der Waals surface area contributed by atoms with Gasteiger partial charge in [-0.3, -0.25) is 4.99 Å². The average Bonchev–Trinajstić information content (AvgIpc) is 2.77. The quantitative estimate of drug-likeness (QED) is 0.568. The monoisotopic (exact) mass is 376 g/mol. The number of hydrogen-bond acceptors (Lipinski definition) is 4. The van der Waals surface area contributed by atoms with E-state index in [0.29, 0.717) is 12.8 Å². The van der Waals surface area contributed by atoms with Gasteiger partial charge in [-0.15, -0.1) is 0 Å². The molecule has 5 heteroatoms. The van der Waals surface area contributed by atoms with Crippen LogP contribution in [0.25, 0.3) is 0 Å². The molecule has 0 aromatic heterocycles. The largest absolute Gasteiger partial charge is 0.390 e. The number of nitrogens with zero attached hydrogens (tertiary/aromatic N) is 1. The fourth-order valence-electron chi connectivity index (χ4n) is 7.10. The van der Waals surface area contributed by atoms with Crippen LogP contribution in [-0.4, -0.2) is 40.5 Å². The van der Waals surface area contributed by atoms with Crippen LogP contribution in [0.4, 0.5) is 4.39 Å². The topological polar surface area (TPSA) is 78.8 Å². The molecule has 0 bridgehead atoms. The Hall–Kier alpha value is -1.04. The molecule has 0 aromatic carbocycles. The molecule has 0 radical (unpaired) electrons. The maximum absolute atomic E-state index is 17.1. The number of allylic oxidation sites excluding steroid dienone is 4. The number of aliphatic hydroxyl groups excluding tert-OH is 1. The van der Waals surface area contributed by atoms with E-state index in [9.17, 15) is 10.2 Å². The fourth-order valence-corrected chi connectivity index (χ4v) is 7.10. The highest BCUT2D eigenvalue weighted by Gasteiger charge is 2.74. The molecule has 1 unspecified atom stereocenters. The summed E-state index contributed by atoms with van der Waals surface area (Å²) in [6, 6.07) is 0. The zero-order chi connectivity index (χ0) is 20.0. The highest BCUT2D eigenvalue weighted by Crippen LogP contribution is 2.70. The molecule has 3 saturated carbocycles. The minimum atomic E-state index is -1.76. The van der Waals surface area contributed by atoms with E-state index in [1.54, 1.807) is 7.05 Å². The van der Waals surface area contributed by atoms with Gasteiger partial charge in [0.15, 0.2) is 5.67 Å². The van der Waals surface area contributed by atoms with Crippen molar-refractivity contribution >= 4 is 5.71 Å². The number of hydrogen-bond donors (Lipinski definition) is 3. The number of nitrogens with two attached hydrogens (primary N) is 1. The van der Waals surface area contributed by atoms with Crippen LogP contribution in [0.1, 0.15) is 53.4 Å². The molecule has 0 spiro atoms. The number of alkyl halides is 1. The molecule has 0 aliphatic heterocycles. The van der Waals surface area contributed by atoms with Crippen LogP contribution in [0, 0.1) is 28.6 Å². The summed E-state index contributed by atoms with van der Waals surface area (Å²) in [5.41, 5.74) is 4.50. The number of halogens is 1. The molecule has 8 atom stereocenters. The van der Waals surface area contributed by atoms with Gasteiger partial charge in [0.2, 0.25) is 0 Å². The van der Waals surface area contributed by atoms with Gasteiger partial charge in [-0.25, -0.2) is 4.39 Å². The molecule has 4 nitrogen and oxygen atoms in total. The smallest absolute Gasteiger partial charge is 0.152 e. The first-order valence-corrected chi connectivity index (χ1v) is 10.2. The van der Waals surface area contributed by atoms with Crippen molar-refractivity contribution in [2.45, 2.75) is 70.9 Å². The Balaban J connectivity index is 1.86. The molecule has 0 amide bonds. The molecule has 27 heavy (non-hydrogen) atoms. The van der Waals surface area contributed by atoms with Gasteiger partial charge in [-0.2, -0.15) is 0 Å². The second kappa shape index (κ2) is 5.52. The van der Waals surface area contributed by atoms with E-state index in [0.717, 1.165) is 23.3 Å². The van der Waals surface area contributed by atoms with Crippen molar-refractivity contribution in [2.75, 3.05) is 7.05 Å². The summed E-state index contributed by atoms with van der Waals surface area (Å²) in [5, 5.41) is 22.2. The molecule has 0 saturated heterocycles. The van der Waals surface area contributed by atoms with Crippen molar-refractivity contribution in [3.05, 3.63) is 23.3 Å². The Labute approximate surface area is 161 Å². The van der Waals surface area contributed by atoms with Crippen LogP contribution >= 0.6 is 0 Å². The third-order valence-electron chi connectivity index (χ3n) is 9.09. The summed E-state index contributed by atoms with van der Waals surface area (Å²) in [7, 11) is 1.75. The van der Waals surface area contributed by atoms with E-state index in [1.807, 2.05) is 39.8 Å². The molecule has 3 fully saturated rings. The summed E-state index contributed by atoms with van der Waals surface area (Å²) in [6.45, 7) is 7.80. The molecule has 4 rings (SSSR count). The van der Waals surface area contributed by atoms with E-state index in [2.05, 4.69) is 4.99 Å². The second-order valence-corrected chi connectivity index (χ2v) is 9.89. The summed E-state index contributed by atoms with van der Waals surface area (Å²) >= 11 is 0. The van der Waals surface area contributed by atoms with Crippen LogP contribution in [0.3, 0.4) is 0 Å². The van der Waals surface area contributed by atoms with Crippen molar-refractivity contribution < 1.29 is 14.6 Å². The SMILES string of the molecule is C/N=C1/C=C(C)[C@@]2(C)C(=C1)CC[C@H]1C3C[C@@H](C)[C@@](N)(O)[C@@]3(C)C[C@H](O)[C@@]12F. The van der Waals surface area contributed by atoms with Gasteiger partial charge in [-0.1, -0.05) is 25.0 Å². The lowest BCUT2D eigenvalue weighted by Gasteiger charge is -2.63. The second-order valence-electron chi connectivity index (χ2n) is 9.89. The molecule has 4 aliphatic carbocycles. The maximum atomic E-state index is 17.1. The summed E-state index contributed by atoms with van der Waals surface area (Å²) < 4.78 is 17.1. The molecule has 0 heterocycles. The van der Waals surface area contributed by atoms with Gasteiger partial charge in [0.05, 0.1) is 11.8 Å². The van der Waals surface area contributed by atoms with E-state index in [-0.39, 0.29) is 24.2 Å². The van der Waals surface area contributed by atoms with Crippen LogP contribution in [0.5, 0.6) is 0 Å². The highest BCUT2D eigenvalue weighted by molar-refractivity contribution is 6.06. The zero-order valence-corrected chi connectivity index (χ0v) is 17.1. The Morgan fingerprint density at radius 3 is 2.56 bits per heavy atom. The Morgan fingerprint density at radius 2 is 1.93 bits per heavy atom. The third kappa shape index (κ3) is 2.01. The van der Waals surface area contributed by atoms with E-state index in [4.69, 9.17) is 5.73 Å². The molecule has 150 valence electrons. The minimum absolute atomic E-state index is 0.0386. The van der Waals surface area contributed by atoms with Crippen molar-refractivity contribution in [2.24, 2.45) is 39.3 Å². The number of aliphatic imine (C=N–C) groups is 1. The fraction of sp³-hybridized carbons (Fsp3) is 0.773. The lowest BCUT2D eigenvalue weighted by Crippen LogP contribution is -2.70. The van der Waals surface area contributed by atoms with Crippen molar-refractivity contribution in [1.82, 2.24) is 0 Å². The van der Waals surface area contributed by atoms with Gasteiger partial charge in [0.25, 0.3) is 0 Å². The standard InChI is InChI=1S/C22H33FN2O2/c1-12-8-15(25-5)10-14-6-7-16-17-9-13(2)22(24,27)19(17,3)11-18(26)21(16,23)20(12,14)4/h8,10,13,16-18,26-27H,6-7,9,11,24H2,1-5H3/b25-15-/t13-,16+,17?,18+,19+,20+,21+,22-/m1/s1. The lowest BCUT2D eigenvalue weighted by atomic mass is 9.44. The van der Waals surface area contributed by atoms with Crippen molar-refractivity contribution in [3.8, 4) is 0 Å². The van der Waals surface area contributed by atoms with E-state index in [1.165, 1.54) is 0 Å². The van der Waals surface area contributed by atoms with Crippen molar-refractivity contribution in [1.29, 1.82) is 0 Å². The molecular weight excluding hydrogens is 343 g/mol.